The lowest BCUT2D eigenvalue weighted by atomic mass is 9.75. The van der Waals surface area contributed by atoms with Crippen molar-refractivity contribution >= 4 is 53.8 Å². The van der Waals surface area contributed by atoms with Crippen LogP contribution in [0.25, 0.3) is 32.3 Å². The summed E-state index contributed by atoms with van der Waals surface area (Å²) < 4.78 is 70.0. The van der Waals surface area contributed by atoms with Crippen LogP contribution in [0, 0.1) is 0 Å². The van der Waals surface area contributed by atoms with Gasteiger partial charge in [0.05, 0.1) is 13.2 Å². The molecule has 1 aliphatic carbocycles. The Morgan fingerprint density at radius 1 is 0.745 bits per heavy atom. The molecule has 0 fully saturated rings. The predicted octanol–water partition coefficient (Wildman–Crippen LogP) is 12.1. The molecule has 51 heavy (non-hydrogen) atoms. The Hall–Kier alpha value is -4.12. The molecule has 0 saturated carbocycles. The first kappa shape index (κ1) is 38.1. The monoisotopic (exact) mass is 736 g/mol. The number of fused-ring (bicyclic) bond motifs is 6. The summed E-state index contributed by atoms with van der Waals surface area (Å²) in [5.74, 6) is 2.31. The molecule has 1 aliphatic rings. The van der Waals surface area contributed by atoms with Gasteiger partial charge in [0, 0.05) is 11.3 Å². The van der Waals surface area contributed by atoms with Crippen LogP contribution in [0.2, 0.25) is 0 Å². The van der Waals surface area contributed by atoms with E-state index in [-0.39, 0.29) is 0 Å². The van der Waals surface area contributed by atoms with Gasteiger partial charge >= 0.3 is 15.6 Å². The summed E-state index contributed by atoms with van der Waals surface area (Å²) in [5.41, 5.74) is -1.13. The highest BCUT2D eigenvalue weighted by molar-refractivity contribution is 7.86. The maximum atomic E-state index is 10.7. The maximum Gasteiger partial charge on any atom is 0.522 e. The molecule has 270 valence electrons. The largest absolute Gasteiger partial charge is 0.522 e. The van der Waals surface area contributed by atoms with E-state index in [0.29, 0.717) is 5.92 Å². The van der Waals surface area contributed by atoms with E-state index in [1.165, 1.54) is 55.4 Å². The van der Waals surface area contributed by atoms with Gasteiger partial charge in [0.2, 0.25) is 0 Å². The minimum Gasteiger partial charge on any atom is -0.494 e. The fraction of sp³-hybridized carbons (Fsp3) is 0.317. The molecule has 1 atom stereocenters. The number of hydrogen-bond acceptors (Lipinski definition) is 5. The fourth-order valence-corrected chi connectivity index (χ4v) is 6.92. The molecular formula is C41H43F3O5S2. The molecule has 6 aromatic rings. The average Bonchev–Trinajstić information content (AvgIpc) is 3.72. The standard InChI is InChI=1S/C36H38O2.C4H4S.CHF3O3S/c1-3-5-22-37-26-15-17-34-35(24-26)33(20-21-36(34)38-23-6-4-2)29-13-9-12-28-31-16-14-25-10-7-8-11-27(25)30(31)18-19-32(28)29;1-2-4-5-3-1;2-1(3,4)8(5,6)7/h7-8,10-11,14-21,24,29H,3-6,9,12-13,22-23H2,1-2H3;1-4H;(H,5,6,7). The summed E-state index contributed by atoms with van der Waals surface area (Å²) >= 11 is 1.71. The first-order valence-electron chi connectivity index (χ1n) is 17.3. The zero-order chi connectivity index (χ0) is 36.4. The number of benzene rings is 5. The van der Waals surface area contributed by atoms with E-state index in [4.69, 9.17) is 22.4 Å². The molecule has 0 amide bonds. The second-order valence-corrected chi connectivity index (χ2v) is 14.7. The van der Waals surface area contributed by atoms with E-state index in [2.05, 4.69) is 92.7 Å². The van der Waals surface area contributed by atoms with Gasteiger partial charge in [0.15, 0.2) is 0 Å². The lowest BCUT2D eigenvalue weighted by molar-refractivity contribution is -0.0510. The highest BCUT2D eigenvalue weighted by Gasteiger charge is 2.44. The number of unbranched alkanes of at least 4 members (excludes halogenated alkanes) is 2. The van der Waals surface area contributed by atoms with Crippen molar-refractivity contribution in [2.24, 2.45) is 0 Å². The van der Waals surface area contributed by atoms with Crippen LogP contribution < -0.4 is 9.47 Å². The molecule has 1 aromatic heterocycles. The minimum atomic E-state index is -5.84. The molecule has 10 heteroatoms. The van der Waals surface area contributed by atoms with Crippen LogP contribution in [-0.2, 0) is 16.5 Å². The van der Waals surface area contributed by atoms with Crippen LogP contribution in [-0.4, -0.2) is 31.7 Å². The normalized spacial score (nSPS) is 14.3. The third-order valence-corrected chi connectivity index (χ3v) is 10.2. The second kappa shape index (κ2) is 17.4. The first-order chi connectivity index (χ1) is 24.5. The Labute approximate surface area is 301 Å². The van der Waals surface area contributed by atoms with Crippen molar-refractivity contribution in [2.75, 3.05) is 13.2 Å². The van der Waals surface area contributed by atoms with Crippen molar-refractivity contribution in [1.82, 2.24) is 0 Å². The molecule has 1 unspecified atom stereocenters. The highest BCUT2D eigenvalue weighted by atomic mass is 32.2. The van der Waals surface area contributed by atoms with Gasteiger partial charge in [0.1, 0.15) is 11.5 Å². The molecule has 0 radical (unpaired) electrons. The third-order valence-electron chi connectivity index (χ3n) is 8.97. The van der Waals surface area contributed by atoms with Gasteiger partial charge in [-0.05, 0) is 111 Å². The molecule has 0 saturated heterocycles. The Balaban J connectivity index is 0.000000328. The molecule has 5 aromatic carbocycles. The van der Waals surface area contributed by atoms with E-state index in [0.717, 1.165) is 63.2 Å². The van der Waals surface area contributed by atoms with E-state index >= 15 is 0 Å². The lowest BCUT2D eigenvalue weighted by Crippen LogP contribution is -2.21. The minimum absolute atomic E-state index is 0.368. The van der Waals surface area contributed by atoms with Crippen molar-refractivity contribution in [3.8, 4) is 11.5 Å². The smallest absolute Gasteiger partial charge is 0.494 e. The van der Waals surface area contributed by atoms with Gasteiger partial charge in [-0.2, -0.15) is 32.9 Å². The molecular weight excluding hydrogens is 694 g/mol. The molecule has 1 heterocycles. The van der Waals surface area contributed by atoms with Crippen LogP contribution in [0.3, 0.4) is 0 Å². The van der Waals surface area contributed by atoms with Crippen LogP contribution in [0.5, 0.6) is 11.5 Å². The lowest BCUT2D eigenvalue weighted by Gasteiger charge is -2.29. The molecule has 0 bridgehead atoms. The number of thiophene rings is 1. The van der Waals surface area contributed by atoms with Gasteiger partial charge in [-0.1, -0.05) is 93.4 Å². The predicted molar refractivity (Wildman–Crippen MR) is 203 cm³/mol. The molecule has 0 spiro atoms. The van der Waals surface area contributed by atoms with Crippen LogP contribution in [0.15, 0.2) is 102 Å². The second-order valence-electron chi connectivity index (χ2n) is 12.4. The van der Waals surface area contributed by atoms with Crippen LogP contribution >= 0.6 is 11.3 Å². The Kier molecular flexibility index (Phi) is 13.0. The zero-order valence-electron chi connectivity index (χ0n) is 28.8. The fourth-order valence-electron chi connectivity index (χ4n) is 6.46. The van der Waals surface area contributed by atoms with Crippen molar-refractivity contribution in [2.45, 2.75) is 70.2 Å². The quantitative estimate of drug-likeness (QED) is 0.0692. The van der Waals surface area contributed by atoms with Crippen molar-refractivity contribution in [3.63, 3.8) is 0 Å². The summed E-state index contributed by atoms with van der Waals surface area (Å²) in [6.07, 6.45) is 7.92. The number of alkyl halides is 3. The Morgan fingerprint density at radius 3 is 2.06 bits per heavy atom. The summed E-state index contributed by atoms with van der Waals surface area (Å²) in [6.45, 7) is 5.93. The number of ether oxygens (including phenoxy) is 2. The Morgan fingerprint density at radius 2 is 1.39 bits per heavy atom. The van der Waals surface area contributed by atoms with Crippen LogP contribution in [0.1, 0.15) is 75.0 Å². The van der Waals surface area contributed by atoms with Crippen molar-refractivity contribution < 1.29 is 35.6 Å². The number of rotatable bonds is 9. The SMILES string of the molecule is CCCCOc1ccc2c(OCCCC)ccc(C3CCCc4c3ccc3c4ccc4ccccc43)c2c1.O=S(=O)(O)C(F)(F)F.c1ccsc1. The van der Waals surface area contributed by atoms with Crippen LogP contribution in [0.4, 0.5) is 13.2 Å². The van der Waals surface area contributed by atoms with Crippen molar-refractivity contribution in [1.29, 1.82) is 0 Å². The van der Waals surface area contributed by atoms with E-state index in [9.17, 15) is 13.2 Å². The number of halogens is 3. The van der Waals surface area contributed by atoms with Gasteiger partial charge < -0.3 is 9.47 Å². The van der Waals surface area contributed by atoms with E-state index < -0.39 is 15.6 Å². The summed E-state index contributed by atoms with van der Waals surface area (Å²) in [4.78, 5) is 0. The summed E-state index contributed by atoms with van der Waals surface area (Å²) in [5, 5.41) is 12.0. The molecule has 7 rings (SSSR count). The third kappa shape index (κ3) is 9.41. The van der Waals surface area contributed by atoms with Gasteiger partial charge in [0.25, 0.3) is 0 Å². The highest BCUT2D eigenvalue weighted by Crippen LogP contribution is 2.45. The first-order valence-corrected chi connectivity index (χ1v) is 19.7. The maximum absolute atomic E-state index is 10.7. The topological polar surface area (TPSA) is 72.8 Å². The van der Waals surface area contributed by atoms with E-state index in [1.54, 1.807) is 11.3 Å². The van der Waals surface area contributed by atoms with Gasteiger partial charge in [-0.3, -0.25) is 4.55 Å². The van der Waals surface area contributed by atoms with E-state index in [1.807, 2.05) is 22.9 Å². The average molecular weight is 737 g/mol. The summed E-state index contributed by atoms with van der Waals surface area (Å²) in [7, 11) is -5.84. The molecule has 1 N–H and O–H groups in total. The Bertz CT molecular complexity index is 2130. The zero-order valence-corrected chi connectivity index (χ0v) is 30.4. The summed E-state index contributed by atoms with van der Waals surface area (Å²) in [6, 6.07) is 33.3. The molecule has 0 aliphatic heterocycles. The van der Waals surface area contributed by atoms with Gasteiger partial charge in [-0.25, -0.2) is 0 Å². The molecule has 5 nitrogen and oxygen atoms in total. The van der Waals surface area contributed by atoms with Gasteiger partial charge in [-0.15, -0.1) is 0 Å². The number of hydrogen-bond donors (Lipinski definition) is 1. The number of aryl methyl sites for hydroxylation is 1. The van der Waals surface area contributed by atoms with Crippen molar-refractivity contribution in [3.05, 3.63) is 118 Å².